The summed E-state index contributed by atoms with van der Waals surface area (Å²) in [6.07, 6.45) is 1.46. The Morgan fingerprint density at radius 3 is 2.62 bits per heavy atom. The van der Waals surface area contributed by atoms with Crippen LogP contribution < -0.4 is 20.1 Å². The molecule has 0 saturated carbocycles. The van der Waals surface area contributed by atoms with Gasteiger partial charge in [0.1, 0.15) is 29.7 Å². The molecule has 1 saturated heterocycles. The molecule has 7 heteroatoms. The number of amides is 1. The zero-order valence-corrected chi connectivity index (χ0v) is 13.7. The number of rotatable bonds is 7. The molecule has 0 aliphatic carbocycles. The molecule has 0 unspecified atom stereocenters. The van der Waals surface area contributed by atoms with Crippen molar-refractivity contribution < 1.29 is 14.3 Å². The molecule has 0 atom stereocenters. The van der Waals surface area contributed by atoms with E-state index in [1.165, 1.54) is 6.20 Å². The average molecular weight is 330 g/mol. The van der Waals surface area contributed by atoms with Crippen molar-refractivity contribution in [3.63, 3.8) is 0 Å². The van der Waals surface area contributed by atoms with Crippen LogP contribution >= 0.6 is 0 Å². The van der Waals surface area contributed by atoms with Crippen LogP contribution in [0.3, 0.4) is 0 Å². The van der Waals surface area contributed by atoms with Gasteiger partial charge in [0, 0.05) is 38.9 Å². The van der Waals surface area contributed by atoms with Crippen LogP contribution in [0.15, 0.2) is 36.0 Å². The van der Waals surface area contributed by atoms with Gasteiger partial charge in [0.25, 0.3) is 5.91 Å². The quantitative estimate of drug-likeness (QED) is 0.430. The third kappa shape index (κ3) is 5.18. The fraction of sp³-hybridized carbons (Fsp3) is 0.412. The first-order chi connectivity index (χ1) is 11.7. The fourth-order valence-corrected chi connectivity index (χ4v) is 2.25. The Kier molecular flexibility index (Phi) is 6.92. The zero-order valence-electron chi connectivity index (χ0n) is 13.7. The van der Waals surface area contributed by atoms with Crippen LogP contribution in [0, 0.1) is 11.3 Å². The van der Waals surface area contributed by atoms with Gasteiger partial charge in [-0.15, -0.1) is 0 Å². The fourth-order valence-electron chi connectivity index (χ4n) is 2.25. The predicted octanol–water partition coefficient (Wildman–Crippen LogP) is 0.503. The van der Waals surface area contributed by atoms with Crippen LogP contribution in [-0.4, -0.2) is 57.2 Å². The van der Waals surface area contributed by atoms with Gasteiger partial charge in [0.15, 0.2) is 0 Å². The van der Waals surface area contributed by atoms with Crippen LogP contribution in [0.1, 0.15) is 0 Å². The van der Waals surface area contributed by atoms with Gasteiger partial charge in [-0.2, -0.15) is 5.26 Å². The number of benzene rings is 1. The largest absolute Gasteiger partial charge is 0.497 e. The summed E-state index contributed by atoms with van der Waals surface area (Å²) < 4.78 is 10.6. The van der Waals surface area contributed by atoms with Crippen molar-refractivity contribution in [3.05, 3.63) is 36.0 Å². The molecule has 1 aliphatic heterocycles. The van der Waals surface area contributed by atoms with E-state index in [9.17, 15) is 4.79 Å². The molecule has 2 rings (SSSR count). The molecule has 1 heterocycles. The standard InChI is InChI=1S/C17H22N4O3/c1-23-15-2-4-16(5-3-15)24-11-8-20-13-14(12-18)17(22)21-9-6-19-7-10-21/h2-5,13,19-20H,6-11H2,1H3/b14-13-. The maximum atomic E-state index is 12.2. The first kappa shape index (κ1) is 17.6. The second-order valence-electron chi connectivity index (χ2n) is 5.19. The lowest BCUT2D eigenvalue weighted by molar-refractivity contribution is -0.127. The number of hydrogen-bond acceptors (Lipinski definition) is 6. The lowest BCUT2D eigenvalue weighted by Crippen LogP contribution is -2.46. The summed E-state index contributed by atoms with van der Waals surface area (Å²) in [5, 5.41) is 15.3. The molecule has 1 aromatic carbocycles. The van der Waals surface area contributed by atoms with E-state index in [0.29, 0.717) is 26.2 Å². The predicted molar refractivity (Wildman–Crippen MR) is 89.6 cm³/mol. The molecular formula is C17H22N4O3. The topological polar surface area (TPSA) is 86.6 Å². The molecule has 0 bridgehead atoms. The highest BCUT2D eigenvalue weighted by Crippen LogP contribution is 2.16. The van der Waals surface area contributed by atoms with Gasteiger partial charge in [-0.1, -0.05) is 0 Å². The monoisotopic (exact) mass is 330 g/mol. The molecular weight excluding hydrogens is 308 g/mol. The maximum Gasteiger partial charge on any atom is 0.266 e. The van der Waals surface area contributed by atoms with Crippen molar-refractivity contribution in [1.29, 1.82) is 5.26 Å². The van der Waals surface area contributed by atoms with Gasteiger partial charge in [0.2, 0.25) is 0 Å². The molecule has 0 spiro atoms. The van der Waals surface area contributed by atoms with Crippen molar-refractivity contribution in [1.82, 2.24) is 15.5 Å². The minimum atomic E-state index is -0.234. The summed E-state index contributed by atoms with van der Waals surface area (Å²) in [7, 11) is 1.61. The molecule has 1 aromatic rings. The van der Waals surface area contributed by atoms with Crippen molar-refractivity contribution in [2.45, 2.75) is 0 Å². The normalized spacial score (nSPS) is 14.7. The minimum absolute atomic E-state index is 0.112. The highest BCUT2D eigenvalue weighted by Gasteiger charge is 2.19. The number of nitrogens with one attached hydrogen (secondary N) is 2. The molecule has 2 N–H and O–H groups in total. The first-order valence-corrected chi connectivity index (χ1v) is 7.85. The van der Waals surface area contributed by atoms with Gasteiger partial charge < -0.3 is 25.0 Å². The molecule has 128 valence electrons. The Labute approximate surface area is 141 Å². The zero-order chi connectivity index (χ0) is 17.2. The number of carbonyl (C=O) groups excluding carboxylic acids is 1. The van der Waals surface area contributed by atoms with Crippen molar-refractivity contribution >= 4 is 5.91 Å². The number of piperazine rings is 1. The highest BCUT2D eigenvalue weighted by atomic mass is 16.5. The molecule has 1 fully saturated rings. The molecule has 0 aromatic heterocycles. The molecule has 1 aliphatic rings. The van der Waals surface area contributed by atoms with Crippen LogP contribution in [-0.2, 0) is 4.79 Å². The Balaban J connectivity index is 1.74. The SMILES string of the molecule is COc1ccc(OCCN/C=C(/C#N)C(=O)N2CCNCC2)cc1. The first-order valence-electron chi connectivity index (χ1n) is 7.85. The van der Waals surface area contributed by atoms with Gasteiger partial charge >= 0.3 is 0 Å². The van der Waals surface area contributed by atoms with E-state index in [4.69, 9.17) is 14.7 Å². The third-order valence-corrected chi connectivity index (χ3v) is 3.58. The Morgan fingerprint density at radius 1 is 1.33 bits per heavy atom. The number of nitrogens with zero attached hydrogens (tertiary/aromatic N) is 2. The maximum absolute atomic E-state index is 12.2. The van der Waals surface area contributed by atoms with Gasteiger partial charge in [-0.05, 0) is 24.3 Å². The van der Waals surface area contributed by atoms with E-state index in [2.05, 4.69) is 10.6 Å². The molecule has 7 nitrogen and oxygen atoms in total. The number of nitriles is 1. The van der Waals surface area contributed by atoms with Crippen molar-refractivity contribution in [2.24, 2.45) is 0 Å². The number of ether oxygens (including phenoxy) is 2. The summed E-state index contributed by atoms with van der Waals surface area (Å²) >= 11 is 0. The summed E-state index contributed by atoms with van der Waals surface area (Å²) in [5.74, 6) is 1.27. The van der Waals surface area contributed by atoms with Gasteiger partial charge in [-0.25, -0.2) is 0 Å². The highest BCUT2D eigenvalue weighted by molar-refractivity contribution is 5.97. The van der Waals surface area contributed by atoms with Crippen LogP contribution in [0.4, 0.5) is 0 Å². The smallest absolute Gasteiger partial charge is 0.266 e. The average Bonchev–Trinajstić information content (AvgIpc) is 2.65. The van der Waals surface area contributed by atoms with E-state index >= 15 is 0 Å². The molecule has 0 radical (unpaired) electrons. The van der Waals surface area contributed by atoms with E-state index in [1.807, 2.05) is 30.3 Å². The van der Waals surface area contributed by atoms with E-state index in [1.54, 1.807) is 12.0 Å². The number of carbonyl (C=O) groups is 1. The Morgan fingerprint density at radius 2 is 2.00 bits per heavy atom. The number of hydrogen-bond donors (Lipinski definition) is 2. The van der Waals surface area contributed by atoms with E-state index < -0.39 is 0 Å². The van der Waals surface area contributed by atoms with Crippen LogP contribution in [0.2, 0.25) is 0 Å². The molecule has 1 amide bonds. The summed E-state index contributed by atoms with van der Waals surface area (Å²) in [6.45, 7) is 3.67. The lowest BCUT2D eigenvalue weighted by atomic mass is 10.2. The second-order valence-corrected chi connectivity index (χ2v) is 5.19. The van der Waals surface area contributed by atoms with E-state index in [0.717, 1.165) is 24.6 Å². The van der Waals surface area contributed by atoms with E-state index in [-0.39, 0.29) is 11.5 Å². The summed E-state index contributed by atoms with van der Waals surface area (Å²) in [5.41, 5.74) is 0.112. The number of methoxy groups -OCH3 is 1. The van der Waals surface area contributed by atoms with Crippen molar-refractivity contribution in [3.8, 4) is 17.6 Å². The van der Waals surface area contributed by atoms with Gasteiger partial charge in [0.05, 0.1) is 7.11 Å². The summed E-state index contributed by atoms with van der Waals surface area (Å²) in [6, 6.07) is 9.24. The van der Waals surface area contributed by atoms with Gasteiger partial charge in [-0.3, -0.25) is 4.79 Å². The summed E-state index contributed by atoms with van der Waals surface area (Å²) in [4.78, 5) is 13.9. The minimum Gasteiger partial charge on any atom is -0.497 e. The third-order valence-electron chi connectivity index (χ3n) is 3.58. The second kappa shape index (κ2) is 9.43. The molecule has 24 heavy (non-hydrogen) atoms. The Hall–Kier alpha value is -2.72. The van der Waals surface area contributed by atoms with Crippen LogP contribution in [0.5, 0.6) is 11.5 Å². The van der Waals surface area contributed by atoms with Crippen molar-refractivity contribution in [2.75, 3.05) is 46.4 Å². The van der Waals surface area contributed by atoms with Crippen LogP contribution in [0.25, 0.3) is 0 Å². The lowest BCUT2D eigenvalue weighted by Gasteiger charge is -2.27. The Bertz CT molecular complexity index is 601.